The number of nitrogens with two attached hydrogens (primary N) is 1. The summed E-state index contributed by atoms with van der Waals surface area (Å²) in [5, 5.41) is 0. The van der Waals surface area contributed by atoms with Crippen LogP contribution in [0.5, 0.6) is 0 Å². The Morgan fingerprint density at radius 1 is 1.12 bits per heavy atom. The predicted octanol–water partition coefficient (Wildman–Crippen LogP) is 1.56. The van der Waals surface area contributed by atoms with E-state index in [1.54, 1.807) is 0 Å². The molecule has 0 aliphatic carbocycles. The van der Waals surface area contributed by atoms with Gasteiger partial charge in [-0.15, -0.1) is 0 Å². The summed E-state index contributed by atoms with van der Waals surface area (Å²) in [5.74, 6) is 0.489. The largest absolute Gasteiger partial charge is 0.484 e. The van der Waals surface area contributed by atoms with Crippen molar-refractivity contribution in [3.8, 4) is 0 Å². The lowest BCUT2D eigenvalue weighted by atomic mass is 10.0. The summed E-state index contributed by atoms with van der Waals surface area (Å²) in [6, 6.07) is 0. The molecule has 0 aliphatic rings. The van der Waals surface area contributed by atoms with E-state index in [2.05, 4.69) is 13.8 Å². The maximum atomic E-state index is 5.89. The molecule has 0 aliphatic heterocycles. The summed E-state index contributed by atoms with van der Waals surface area (Å²) >= 11 is 0. The number of hydrogen-bond donors (Lipinski definition) is 1. The molecule has 2 atom stereocenters. The van der Waals surface area contributed by atoms with Gasteiger partial charge in [0.25, 0.3) is 0 Å². The molecule has 0 rings (SSSR count). The van der Waals surface area contributed by atoms with Gasteiger partial charge < -0.3 is 19.0 Å². The molecule has 0 heterocycles. The topological polar surface area (TPSA) is 53.7 Å². The summed E-state index contributed by atoms with van der Waals surface area (Å²) in [4.78, 5) is 0. The molecule has 0 fully saturated rings. The third-order valence-electron chi connectivity index (χ3n) is 2.43. The Bertz CT molecular complexity index is 154. The van der Waals surface area contributed by atoms with Crippen LogP contribution in [-0.2, 0) is 13.3 Å². The zero-order chi connectivity index (χ0) is 12.4. The van der Waals surface area contributed by atoms with Crippen molar-refractivity contribution in [1.82, 2.24) is 0 Å². The summed E-state index contributed by atoms with van der Waals surface area (Å²) in [7, 11) is -1.92. The molecule has 0 aromatic rings. The van der Waals surface area contributed by atoms with E-state index < -0.39 is 9.53 Å². The SMILES string of the molecule is CCO[SiH](OCC)OC(CC)CC(C)CN. The Labute approximate surface area is 101 Å². The fourth-order valence-corrected chi connectivity index (χ4v) is 2.83. The van der Waals surface area contributed by atoms with Gasteiger partial charge in [0.1, 0.15) is 0 Å². The average Bonchev–Trinajstić information content (AvgIpc) is 2.28. The van der Waals surface area contributed by atoms with E-state index in [4.69, 9.17) is 19.0 Å². The van der Waals surface area contributed by atoms with Gasteiger partial charge in [0.05, 0.1) is 0 Å². The van der Waals surface area contributed by atoms with Crippen LogP contribution >= 0.6 is 0 Å². The summed E-state index contributed by atoms with van der Waals surface area (Å²) < 4.78 is 16.9. The zero-order valence-corrected chi connectivity index (χ0v) is 12.2. The molecule has 2 N–H and O–H groups in total. The lowest BCUT2D eigenvalue weighted by Crippen LogP contribution is -2.33. The minimum Gasteiger partial charge on any atom is -0.376 e. The number of rotatable bonds is 10. The van der Waals surface area contributed by atoms with Crippen molar-refractivity contribution in [2.75, 3.05) is 19.8 Å². The lowest BCUT2D eigenvalue weighted by molar-refractivity contribution is 0.0519. The summed E-state index contributed by atoms with van der Waals surface area (Å²) in [6.07, 6.45) is 2.18. The van der Waals surface area contributed by atoms with Crippen LogP contribution < -0.4 is 5.73 Å². The minimum absolute atomic E-state index is 0.216. The van der Waals surface area contributed by atoms with Gasteiger partial charge in [-0.2, -0.15) is 0 Å². The molecular weight excluding hydrogens is 222 g/mol. The van der Waals surface area contributed by atoms with Gasteiger partial charge >= 0.3 is 9.53 Å². The normalized spacial score (nSPS) is 15.4. The molecule has 0 aromatic carbocycles. The van der Waals surface area contributed by atoms with Crippen LogP contribution in [0.1, 0.15) is 40.5 Å². The van der Waals surface area contributed by atoms with E-state index in [0.717, 1.165) is 12.8 Å². The highest BCUT2D eigenvalue weighted by molar-refractivity contribution is 6.36. The molecule has 16 heavy (non-hydrogen) atoms. The minimum atomic E-state index is -1.92. The van der Waals surface area contributed by atoms with E-state index in [-0.39, 0.29) is 6.10 Å². The quantitative estimate of drug-likeness (QED) is 0.597. The van der Waals surface area contributed by atoms with Gasteiger partial charge in [-0.1, -0.05) is 13.8 Å². The van der Waals surface area contributed by atoms with Crippen LogP contribution in [-0.4, -0.2) is 35.4 Å². The molecule has 0 saturated carbocycles. The van der Waals surface area contributed by atoms with Gasteiger partial charge in [0, 0.05) is 19.3 Å². The maximum Gasteiger partial charge on any atom is 0.484 e. The first-order valence-electron chi connectivity index (χ1n) is 6.26. The maximum absolute atomic E-state index is 5.89. The van der Waals surface area contributed by atoms with Crippen molar-refractivity contribution in [3.63, 3.8) is 0 Å². The highest BCUT2D eigenvalue weighted by atomic mass is 28.3. The first-order chi connectivity index (χ1) is 7.67. The molecule has 5 heteroatoms. The highest BCUT2D eigenvalue weighted by Gasteiger charge is 2.20. The summed E-state index contributed by atoms with van der Waals surface area (Å²) in [6.45, 7) is 10.2. The Kier molecular flexibility index (Phi) is 10.3. The second-order valence-electron chi connectivity index (χ2n) is 3.94. The Morgan fingerprint density at radius 2 is 1.69 bits per heavy atom. The smallest absolute Gasteiger partial charge is 0.376 e. The fraction of sp³-hybridized carbons (Fsp3) is 1.00. The van der Waals surface area contributed by atoms with E-state index >= 15 is 0 Å². The zero-order valence-electron chi connectivity index (χ0n) is 11.1. The molecule has 0 radical (unpaired) electrons. The predicted molar refractivity (Wildman–Crippen MR) is 68.4 cm³/mol. The lowest BCUT2D eigenvalue weighted by Gasteiger charge is -2.24. The molecule has 98 valence electrons. The fourth-order valence-electron chi connectivity index (χ4n) is 1.42. The average molecular weight is 249 g/mol. The van der Waals surface area contributed by atoms with Crippen molar-refractivity contribution in [3.05, 3.63) is 0 Å². The third kappa shape index (κ3) is 7.35. The highest BCUT2D eigenvalue weighted by Crippen LogP contribution is 2.13. The van der Waals surface area contributed by atoms with E-state index in [1.165, 1.54) is 0 Å². The van der Waals surface area contributed by atoms with Crippen molar-refractivity contribution in [2.45, 2.75) is 46.6 Å². The summed E-state index contributed by atoms with van der Waals surface area (Å²) in [5.41, 5.74) is 5.62. The van der Waals surface area contributed by atoms with Crippen molar-refractivity contribution < 1.29 is 13.3 Å². The van der Waals surface area contributed by atoms with E-state index in [0.29, 0.717) is 25.7 Å². The van der Waals surface area contributed by atoms with Crippen LogP contribution in [0.2, 0.25) is 0 Å². The van der Waals surface area contributed by atoms with Crippen molar-refractivity contribution >= 4 is 9.53 Å². The Hall–Kier alpha value is 0.0569. The standard InChI is InChI=1S/C11H27NO3Si/c1-5-11(8-10(4)9-12)15-16(13-6-2)14-7-3/h10-11,16H,5-9,12H2,1-4H3. The van der Waals surface area contributed by atoms with Gasteiger partial charge in [-0.3, -0.25) is 0 Å². The number of hydrogen-bond acceptors (Lipinski definition) is 4. The van der Waals surface area contributed by atoms with Gasteiger partial charge in [-0.25, -0.2) is 0 Å². The van der Waals surface area contributed by atoms with Crippen LogP contribution in [0.3, 0.4) is 0 Å². The van der Waals surface area contributed by atoms with Gasteiger partial charge in [0.15, 0.2) is 0 Å². The van der Waals surface area contributed by atoms with Crippen LogP contribution in [0.15, 0.2) is 0 Å². The Balaban J connectivity index is 4.03. The second kappa shape index (κ2) is 10.2. The first kappa shape index (κ1) is 16.1. The van der Waals surface area contributed by atoms with Crippen molar-refractivity contribution in [1.29, 1.82) is 0 Å². The molecule has 0 amide bonds. The first-order valence-corrected chi connectivity index (χ1v) is 7.67. The van der Waals surface area contributed by atoms with Crippen LogP contribution in [0.25, 0.3) is 0 Å². The Morgan fingerprint density at radius 3 is 2.06 bits per heavy atom. The monoisotopic (exact) mass is 249 g/mol. The molecule has 0 saturated heterocycles. The van der Waals surface area contributed by atoms with E-state index in [9.17, 15) is 0 Å². The molecule has 4 nitrogen and oxygen atoms in total. The molecule has 0 bridgehead atoms. The van der Waals surface area contributed by atoms with Gasteiger partial charge in [-0.05, 0) is 39.2 Å². The third-order valence-corrected chi connectivity index (χ3v) is 4.25. The van der Waals surface area contributed by atoms with Crippen molar-refractivity contribution in [2.24, 2.45) is 11.7 Å². The molecule has 0 aromatic heterocycles. The van der Waals surface area contributed by atoms with Gasteiger partial charge in [0.2, 0.25) is 0 Å². The second-order valence-corrected chi connectivity index (χ2v) is 5.46. The molecule has 2 unspecified atom stereocenters. The molecular formula is C11H27NO3Si. The molecule has 0 spiro atoms. The van der Waals surface area contributed by atoms with Crippen LogP contribution in [0, 0.1) is 5.92 Å². The van der Waals surface area contributed by atoms with Crippen LogP contribution in [0.4, 0.5) is 0 Å². The van der Waals surface area contributed by atoms with E-state index in [1.807, 2.05) is 13.8 Å².